The van der Waals surface area contributed by atoms with Gasteiger partial charge in [0.25, 0.3) is 0 Å². The first kappa shape index (κ1) is 14.3. The van der Waals surface area contributed by atoms with E-state index in [1.54, 1.807) is 0 Å². The van der Waals surface area contributed by atoms with Crippen LogP contribution < -0.4 is 10.2 Å². The van der Waals surface area contributed by atoms with E-state index in [0.29, 0.717) is 12.1 Å². The highest BCUT2D eigenvalue weighted by Gasteiger charge is 2.26. The molecule has 1 aromatic heterocycles. The van der Waals surface area contributed by atoms with E-state index in [9.17, 15) is 0 Å². The smallest absolute Gasteiger partial charge is 0.128 e. The van der Waals surface area contributed by atoms with Crippen molar-refractivity contribution >= 4 is 5.82 Å². The summed E-state index contributed by atoms with van der Waals surface area (Å²) in [4.78, 5) is 7.07. The van der Waals surface area contributed by atoms with Crippen molar-refractivity contribution in [3.05, 3.63) is 23.9 Å². The van der Waals surface area contributed by atoms with Crippen LogP contribution in [0.15, 0.2) is 18.3 Å². The second kappa shape index (κ2) is 6.38. The zero-order valence-electron chi connectivity index (χ0n) is 12.7. The fraction of sp³-hybridized carbons (Fsp3) is 0.688. The number of aromatic nitrogens is 1. The average Bonchev–Trinajstić information content (AvgIpc) is 3.18. The first-order chi connectivity index (χ1) is 9.06. The number of nitrogens with one attached hydrogen (secondary N) is 1. The molecule has 0 amide bonds. The molecule has 0 saturated heterocycles. The first-order valence-corrected chi connectivity index (χ1v) is 7.51. The summed E-state index contributed by atoms with van der Waals surface area (Å²) in [6.45, 7) is 10.9. The van der Waals surface area contributed by atoms with Crippen LogP contribution in [-0.4, -0.2) is 23.6 Å². The van der Waals surface area contributed by atoms with Crippen LogP contribution in [0.3, 0.4) is 0 Å². The summed E-state index contributed by atoms with van der Waals surface area (Å²) >= 11 is 0. The maximum atomic E-state index is 4.64. The quantitative estimate of drug-likeness (QED) is 0.817. The van der Waals surface area contributed by atoms with Crippen molar-refractivity contribution in [2.75, 3.05) is 11.4 Å². The van der Waals surface area contributed by atoms with Gasteiger partial charge in [-0.25, -0.2) is 4.98 Å². The van der Waals surface area contributed by atoms with Crippen molar-refractivity contribution in [1.29, 1.82) is 0 Å². The van der Waals surface area contributed by atoms with Crippen LogP contribution in [-0.2, 0) is 6.54 Å². The third-order valence-electron chi connectivity index (χ3n) is 3.59. The highest BCUT2D eigenvalue weighted by molar-refractivity contribution is 5.40. The molecule has 0 aliphatic heterocycles. The van der Waals surface area contributed by atoms with Gasteiger partial charge in [-0.05, 0) is 44.2 Å². The van der Waals surface area contributed by atoms with Gasteiger partial charge < -0.3 is 10.2 Å². The molecule has 2 rings (SSSR count). The van der Waals surface area contributed by atoms with Gasteiger partial charge in [-0.2, -0.15) is 0 Å². The van der Waals surface area contributed by atoms with Crippen LogP contribution >= 0.6 is 0 Å². The van der Waals surface area contributed by atoms with Gasteiger partial charge in [-0.15, -0.1) is 0 Å². The Kier molecular flexibility index (Phi) is 4.81. The molecule has 1 N–H and O–H groups in total. The Morgan fingerprint density at radius 1 is 1.26 bits per heavy atom. The van der Waals surface area contributed by atoms with E-state index in [-0.39, 0.29) is 0 Å². The summed E-state index contributed by atoms with van der Waals surface area (Å²) in [7, 11) is 0. The van der Waals surface area contributed by atoms with Crippen molar-refractivity contribution in [3.63, 3.8) is 0 Å². The van der Waals surface area contributed by atoms with Gasteiger partial charge in [0, 0.05) is 31.4 Å². The van der Waals surface area contributed by atoms with Crippen LogP contribution in [0.4, 0.5) is 5.82 Å². The number of rotatable bonds is 7. The summed E-state index contributed by atoms with van der Waals surface area (Å²) in [5.74, 6) is 2.02. The Morgan fingerprint density at radius 2 is 2.00 bits per heavy atom. The summed E-state index contributed by atoms with van der Waals surface area (Å²) in [5.41, 5.74) is 1.26. The summed E-state index contributed by atoms with van der Waals surface area (Å²) in [6, 6.07) is 5.40. The van der Waals surface area contributed by atoms with Crippen molar-refractivity contribution < 1.29 is 0 Å². The maximum Gasteiger partial charge on any atom is 0.128 e. The zero-order chi connectivity index (χ0) is 13.8. The van der Waals surface area contributed by atoms with Gasteiger partial charge in [0.2, 0.25) is 0 Å². The second-order valence-electron chi connectivity index (χ2n) is 6.25. The number of hydrogen-bond acceptors (Lipinski definition) is 3. The molecule has 1 fully saturated rings. The van der Waals surface area contributed by atoms with Crippen molar-refractivity contribution in [3.8, 4) is 0 Å². The highest BCUT2D eigenvalue weighted by Crippen LogP contribution is 2.31. The van der Waals surface area contributed by atoms with E-state index in [1.165, 1.54) is 18.4 Å². The molecule has 0 radical (unpaired) electrons. The lowest BCUT2D eigenvalue weighted by Gasteiger charge is -2.28. The molecule has 0 atom stereocenters. The predicted octanol–water partition coefficient (Wildman–Crippen LogP) is 3.20. The lowest BCUT2D eigenvalue weighted by molar-refractivity contribution is 0.587. The molecule has 1 aliphatic carbocycles. The largest absolute Gasteiger partial charge is 0.354 e. The van der Waals surface area contributed by atoms with Crippen molar-refractivity contribution in [2.24, 2.45) is 5.92 Å². The minimum Gasteiger partial charge on any atom is -0.354 e. The Morgan fingerprint density at radius 3 is 2.47 bits per heavy atom. The molecular weight excluding hydrogens is 234 g/mol. The summed E-state index contributed by atoms with van der Waals surface area (Å²) in [6.07, 6.45) is 4.78. The zero-order valence-corrected chi connectivity index (χ0v) is 12.7. The van der Waals surface area contributed by atoms with Crippen LogP contribution in [0.5, 0.6) is 0 Å². The van der Waals surface area contributed by atoms with Crippen molar-refractivity contribution in [2.45, 2.75) is 59.2 Å². The highest BCUT2D eigenvalue weighted by atomic mass is 15.2. The summed E-state index contributed by atoms with van der Waals surface area (Å²) < 4.78 is 0. The Labute approximate surface area is 117 Å². The number of nitrogens with zero attached hydrogens (tertiary/aromatic N) is 2. The van der Waals surface area contributed by atoms with Gasteiger partial charge in [-0.1, -0.05) is 19.9 Å². The SMILES string of the molecule is CC(C)NCc1ccc(N(CC2CC2)C(C)C)nc1. The minimum absolute atomic E-state index is 0.515. The van der Waals surface area contributed by atoms with E-state index in [4.69, 9.17) is 0 Å². The molecule has 106 valence electrons. The molecule has 3 nitrogen and oxygen atoms in total. The standard InChI is InChI=1S/C16H27N3/c1-12(2)17-9-15-7-8-16(18-10-15)19(13(3)4)11-14-5-6-14/h7-8,10,12-14,17H,5-6,9,11H2,1-4H3. The molecule has 1 saturated carbocycles. The molecule has 1 aliphatic rings. The lowest BCUT2D eigenvalue weighted by Crippen LogP contribution is -2.33. The Balaban J connectivity index is 1.98. The van der Waals surface area contributed by atoms with E-state index in [1.807, 2.05) is 6.20 Å². The number of pyridine rings is 1. The fourth-order valence-electron chi connectivity index (χ4n) is 2.16. The van der Waals surface area contributed by atoms with E-state index in [2.05, 4.69) is 55.0 Å². The van der Waals surface area contributed by atoms with E-state index < -0.39 is 0 Å². The molecule has 0 spiro atoms. The van der Waals surface area contributed by atoms with Gasteiger partial charge in [0.15, 0.2) is 0 Å². The van der Waals surface area contributed by atoms with E-state index >= 15 is 0 Å². The average molecular weight is 261 g/mol. The van der Waals surface area contributed by atoms with E-state index in [0.717, 1.165) is 24.8 Å². The Hall–Kier alpha value is -1.09. The second-order valence-corrected chi connectivity index (χ2v) is 6.25. The molecule has 0 bridgehead atoms. The van der Waals surface area contributed by atoms with Crippen LogP contribution in [0.2, 0.25) is 0 Å². The van der Waals surface area contributed by atoms with Crippen molar-refractivity contribution in [1.82, 2.24) is 10.3 Å². The molecule has 0 unspecified atom stereocenters. The maximum absolute atomic E-state index is 4.64. The number of anilines is 1. The molecular formula is C16H27N3. The third-order valence-corrected chi connectivity index (χ3v) is 3.59. The monoisotopic (exact) mass is 261 g/mol. The fourth-order valence-corrected chi connectivity index (χ4v) is 2.16. The van der Waals surface area contributed by atoms with Crippen LogP contribution in [0.1, 0.15) is 46.1 Å². The third kappa shape index (κ3) is 4.50. The summed E-state index contributed by atoms with van der Waals surface area (Å²) in [5, 5.41) is 3.42. The number of hydrogen-bond donors (Lipinski definition) is 1. The topological polar surface area (TPSA) is 28.2 Å². The van der Waals surface area contributed by atoms with Gasteiger partial charge >= 0.3 is 0 Å². The normalized spacial score (nSPS) is 15.3. The van der Waals surface area contributed by atoms with Crippen LogP contribution in [0.25, 0.3) is 0 Å². The Bertz CT molecular complexity index is 379. The molecule has 3 heteroatoms. The molecule has 19 heavy (non-hydrogen) atoms. The van der Waals surface area contributed by atoms with Gasteiger partial charge in [0.1, 0.15) is 5.82 Å². The lowest BCUT2D eigenvalue weighted by atomic mass is 10.2. The minimum atomic E-state index is 0.515. The van der Waals surface area contributed by atoms with Gasteiger partial charge in [0.05, 0.1) is 0 Å². The van der Waals surface area contributed by atoms with Gasteiger partial charge in [-0.3, -0.25) is 0 Å². The first-order valence-electron chi connectivity index (χ1n) is 7.51. The molecule has 1 aromatic rings. The molecule has 1 heterocycles. The predicted molar refractivity (Wildman–Crippen MR) is 81.4 cm³/mol. The molecule has 0 aromatic carbocycles. The van der Waals surface area contributed by atoms with Crippen LogP contribution in [0, 0.1) is 5.92 Å².